The molecular weight excluding hydrogens is 380 g/mol. The molecule has 0 saturated carbocycles. The standard InChI is InChI=1S/C20H21BrN2S/c21-16-8-6-15(7-9-16)20(23-12-3-10-22-11-13-23)18-14-24-19-5-2-1-4-17(18)19/h1-2,4-9,14,20,22H,3,10-13H2. The molecule has 1 atom stereocenters. The minimum Gasteiger partial charge on any atom is -0.315 e. The number of nitrogens with one attached hydrogen (secondary N) is 1. The second-order valence-corrected chi connectivity index (χ2v) is 8.11. The Morgan fingerprint density at radius 3 is 2.71 bits per heavy atom. The molecule has 2 nitrogen and oxygen atoms in total. The predicted molar refractivity (Wildman–Crippen MR) is 107 cm³/mol. The molecule has 4 rings (SSSR count). The van der Waals surface area contributed by atoms with Crippen molar-refractivity contribution < 1.29 is 0 Å². The van der Waals surface area contributed by atoms with Gasteiger partial charge >= 0.3 is 0 Å². The van der Waals surface area contributed by atoms with Crippen LogP contribution < -0.4 is 5.32 Å². The first kappa shape index (κ1) is 16.3. The largest absolute Gasteiger partial charge is 0.315 e. The summed E-state index contributed by atoms with van der Waals surface area (Å²) in [4.78, 5) is 2.64. The van der Waals surface area contributed by atoms with Gasteiger partial charge in [-0.2, -0.15) is 0 Å². The molecule has 1 aliphatic heterocycles. The molecule has 124 valence electrons. The SMILES string of the molecule is Brc1ccc(C(c2csc3ccccc23)N2CCCNCC2)cc1. The number of fused-ring (bicyclic) bond motifs is 1. The molecule has 24 heavy (non-hydrogen) atoms. The summed E-state index contributed by atoms with van der Waals surface area (Å²) < 4.78 is 2.51. The summed E-state index contributed by atoms with van der Waals surface area (Å²) in [7, 11) is 0. The van der Waals surface area contributed by atoms with Crippen LogP contribution in [0.5, 0.6) is 0 Å². The van der Waals surface area contributed by atoms with E-state index in [1.165, 1.54) is 27.6 Å². The maximum absolute atomic E-state index is 3.57. The third kappa shape index (κ3) is 3.29. The van der Waals surface area contributed by atoms with E-state index in [0.717, 1.165) is 30.7 Å². The van der Waals surface area contributed by atoms with Gasteiger partial charge in [-0.15, -0.1) is 11.3 Å². The molecule has 1 aromatic heterocycles. The van der Waals surface area contributed by atoms with E-state index < -0.39 is 0 Å². The van der Waals surface area contributed by atoms with E-state index in [0.29, 0.717) is 6.04 Å². The third-order valence-corrected chi connectivity index (χ3v) is 6.24. The molecule has 2 heterocycles. The number of hydrogen-bond donors (Lipinski definition) is 1. The monoisotopic (exact) mass is 400 g/mol. The highest BCUT2D eigenvalue weighted by Crippen LogP contribution is 2.37. The van der Waals surface area contributed by atoms with Gasteiger partial charge in [0.1, 0.15) is 0 Å². The normalized spacial score (nSPS) is 17.7. The highest BCUT2D eigenvalue weighted by atomic mass is 79.9. The third-order valence-electron chi connectivity index (χ3n) is 4.73. The van der Waals surface area contributed by atoms with Gasteiger partial charge in [-0.3, -0.25) is 4.90 Å². The molecule has 1 fully saturated rings. The molecule has 0 bridgehead atoms. The number of hydrogen-bond acceptors (Lipinski definition) is 3. The average molecular weight is 401 g/mol. The summed E-state index contributed by atoms with van der Waals surface area (Å²) in [6.45, 7) is 4.41. The van der Waals surface area contributed by atoms with Crippen molar-refractivity contribution in [1.29, 1.82) is 0 Å². The van der Waals surface area contributed by atoms with Crippen LogP contribution in [-0.2, 0) is 0 Å². The summed E-state index contributed by atoms with van der Waals surface area (Å²) in [6.07, 6.45) is 1.20. The number of benzene rings is 2. The zero-order valence-corrected chi connectivity index (χ0v) is 15.9. The fraction of sp³-hybridized carbons (Fsp3) is 0.300. The van der Waals surface area contributed by atoms with Crippen molar-refractivity contribution >= 4 is 37.4 Å². The van der Waals surface area contributed by atoms with E-state index in [2.05, 4.69) is 80.1 Å². The lowest BCUT2D eigenvalue weighted by Crippen LogP contribution is -2.32. The lowest BCUT2D eigenvalue weighted by atomic mass is 9.96. The van der Waals surface area contributed by atoms with Crippen LogP contribution in [0.4, 0.5) is 0 Å². The summed E-state index contributed by atoms with van der Waals surface area (Å²) in [5, 5.41) is 7.28. The molecule has 2 aromatic carbocycles. The van der Waals surface area contributed by atoms with Gasteiger partial charge in [-0.1, -0.05) is 46.3 Å². The molecule has 1 N–H and O–H groups in total. The molecule has 0 spiro atoms. The van der Waals surface area contributed by atoms with Crippen molar-refractivity contribution in [3.05, 3.63) is 69.5 Å². The topological polar surface area (TPSA) is 15.3 Å². The Labute approximate surface area is 155 Å². The first-order valence-corrected chi connectivity index (χ1v) is 10.2. The van der Waals surface area contributed by atoms with Gasteiger partial charge in [0, 0.05) is 28.8 Å². The van der Waals surface area contributed by atoms with Crippen molar-refractivity contribution in [3.63, 3.8) is 0 Å². The fourth-order valence-electron chi connectivity index (χ4n) is 3.57. The first-order chi connectivity index (χ1) is 11.8. The van der Waals surface area contributed by atoms with Crippen LogP contribution in [0.3, 0.4) is 0 Å². The maximum Gasteiger partial charge on any atom is 0.0616 e. The number of thiophene rings is 1. The van der Waals surface area contributed by atoms with E-state index in [1.54, 1.807) is 0 Å². The summed E-state index contributed by atoms with van der Waals surface area (Å²) in [5.74, 6) is 0. The van der Waals surface area contributed by atoms with Crippen LogP contribution >= 0.6 is 27.3 Å². The van der Waals surface area contributed by atoms with Gasteiger partial charge in [0.2, 0.25) is 0 Å². The molecule has 0 amide bonds. The van der Waals surface area contributed by atoms with Crippen LogP contribution in [0.25, 0.3) is 10.1 Å². The summed E-state index contributed by atoms with van der Waals surface area (Å²) in [6, 6.07) is 18.0. The second kappa shape index (κ2) is 7.36. The zero-order valence-electron chi connectivity index (χ0n) is 13.5. The van der Waals surface area contributed by atoms with Gasteiger partial charge in [-0.05, 0) is 53.1 Å². The second-order valence-electron chi connectivity index (χ2n) is 6.28. The zero-order chi connectivity index (χ0) is 16.4. The minimum atomic E-state index is 0.328. The molecule has 3 aromatic rings. The fourth-order valence-corrected chi connectivity index (χ4v) is 4.81. The van der Waals surface area contributed by atoms with Crippen molar-refractivity contribution in [1.82, 2.24) is 10.2 Å². The van der Waals surface area contributed by atoms with Crippen molar-refractivity contribution in [3.8, 4) is 0 Å². The lowest BCUT2D eigenvalue weighted by Gasteiger charge is -2.31. The van der Waals surface area contributed by atoms with Gasteiger partial charge in [-0.25, -0.2) is 0 Å². The molecule has 1 unspecified atom stereocenters. The van der Waals surface area contributed by atoms with Crippen molar-refractivity contribution in [2.75, 3.05) is 26.2 Å². The van der Waals surface area contributed by atoms with Gasteiger partial charge in [0.05, 0.1) is 6.04 Å². The van der Waals surface area contributed by atoms with E-state index >= 15 is 0 Å². The highest BCUT2D eigenvalue weighted by molar-refractivity contribution is 9.10. The Balaban J connectivity index is 1.81. The maximum atomic E-state index is 3.57. The molecule has 1 aliphatic rings. The van der Waals surface area contributed by atoms with Crippen LogP contribution in [0.2, 0.25) is 0 Å². The smallest absolute Gasteiger partial charge is 0.0616 e. The number of nitrogens with zero attached hydrogens (tertiary/aromatic N) is 1. The quantitative estimate of drug-likeness (QED) is 0.661. The Morgan fingerprint density at radius 1 is 1.00 bits per heavy atom. The summed E-state index contributed by atoms with van der Waals surface area (Å²) >= 11 is 5.43. The highest BCUT2D eigenvalue weighted by Gasteiger charge is 2.25. The van der Waals surface area contributed by atoms with Crippen molar-refractivity contribution in [2.24, 2.45) is 0 Å². The minimum absolute atomic E-state index is 0.328. The Morgan fingerprint density at radius 2 is 1.83 bits per heavy atom. The average Bonchev–Trinajstić information content (AvgIpc) is 2.84. The van der Waals surface area contributed by atoms with E-state index in [-0.39, 0.29) is 0 Å². The molecular formula is C20H21BrN2S. The van der Waals surface area contributed by atoms with E-state index in [4.69, 9.17) is 0 Å². The van der Waals surface area contributed by atoms with Crippen LogP contribution in [-0.4, -0.2) is 31.1 Å². The van der Waals surface area contributed by atoms with Gasteiger partial charge < -0.3 is 5.32 Å². The van der Waals surface area contributed by atoms with Crippen LogP contribution in [0, 0.1) is 0 Å². The molecule has 4 heteroatoms. The Kier molecular flexibility index (Phi) is 4.99. The van der Waals surface area contributed by atoms with Gasteiger partial charge in [0.15, 0.2) is 0 Å². The predicted octanol–water partition coefficient (Wildman–Crippen LogP) is 5.05. The van der Waals surface area contributed by atoms with E-state index in [1.807, 2.05) is 11.3 Å². The Hall–Kier alpha value is -1.20. The molecule has 0 aliphatic carbocycles. The lowest BCUT2D eigenvalue weighted by molar-refractivity contribution is 0.242. The number of halogens is 1. The van der Waals surface area contributed by atoms with E-state index in [9.17, 15) is 0 Å². The summed E-state index contributed by atoms with van der Waals surface area (Å²) in [5.41, 5.74) is 2.82. The van der Waals surface area contributed by atoms with Gasteiger partial charge in [0.25, 0.3) is 0 Å². The van der Waals surface area contributed by atoms with Crippen LogP contribution in [0.15, 0.2) is 58.4 Å². The van der Waals surface area contributed by atoms with Crippen LogP contribution in [0.1, 0.15) is 23.6 Å². The molecule has 1 saturated heterocycles. The first-order valence-electron chi connectivity index (χ1n) is 8.49. The van der Waals surface area contributed by atoms with Crippen molar-refractivity contribution in [2.45, 2.75) is 12.5 Å². The molecule has 0 radical (unpaired) electrons. The number of rotatable bonds is 3. The Bertz CT molecular complexity index is 804.